The standard InChI is InChI=1S/C15H15N3O4S/c1-18-12(9-19)7-17-15(18)23(20,21)10-14-16-8-13(22-14)11-5-3-2-4-6-11/h2-8,19H,9-10H2,1H3. The Morgan fingerprint density at radius 2 is 1.91 bits per heavy atom. The maximum absolute atomic E-state index is 12.4. The zero-order chi connectivity index (χ0) is 16.4. The van der Waals surface area contributed by atoms with Gasteiger partial charge < -0.3 is 14.1 Å². The first-order chi connectivity index (χ1) is 11.0. The number of nitrogens with zero attached hydrogens (tertiary/aromatic N) is 3. The molecule has 0 amide bonds. The van der Waals surface area contributed by atoms with Crippen molar-refractivity contribution in [2.24, 2.45) is 7.05 Å². The Hall–Kier alpha value is -2.45. The van der Waals surface area contributed by atoms with Gasteiger partial charge in [-0.15, -0.1) is 0 Å². The molecule has 1 N–H and O–H groups in total. The Bertz CT molecular complexity index is 913. The third-order valence-corrected chi connectivity index (χ3v) is 4.97. The summed E-state index contributed by atoms with van der Waals surface area (Å²) in [5, 5.41) is 9.01. The van der Waals surface area contributed by atoms with Gasteiger partial charge in [0.15, 0.2) is 5.76 Å². The Morgan fingerprint density at radius 1 is 1.17 bits per heavy atom. The van der Waals surface area contributed by atoms with Gasteiger partial charge in [0.2, 0.25) is 20.9 Å². The van der Waals surface area contributed by atoms with E-state index in [1.807, 2.05) is 30.3 Å². The summed E-state index contributed by atoms with van der Waals surface area (Å²) in [4.78, 5) is 7.89. The topological polar surface area (TPSA) is 98.2 Å². The predicted molar refractivity (Wildman–Crippen MR) is 82.0 cm³/mol. The van der Waals surface area contributed by atoms with Crippen molar-refractivity contribution in [3.05, 3.63) is 54.3 Å². The van der Waals surface area contributed by atoms with E-state index in [0.29, 0.717) is 11.5 Å². The van der Waals surface area contributed by atoms with Gasteiger partial charge in [-0.1, -0.05) is 30.3 Å². The van der Waals surface area contributed by atoms with Crippen LogP contribution >= 0.6 is 0 Å². The van der Waals surface area contributed by atoms with Crippen molar-refractivity contribution in [2.45, 2.75) is 17.5 Å². The average molecular weight is 333 g/mol. The third-order valence-electron chi connectivity index (χ3n) is 3.41. The van der Waals surface area contributed by atoms with Gasteiger partial charge in [0.05, 0.1) is 24.7 Å². The van der Waals surface area contributed by atoms with E-state index in [-0.39, 0.29) is 17.7 Å². The second kappa shape index (κ2) is 5.98. The summed E-state index contributed by atoms with van der Waals surface area (Å²) < 4.78 is 31.7. The van der Waals surface area contributed by atoms with E-state index in [0.717, 1.165) is 5.56 Å². The molecule has 0 bridgehead atoms. The van der Waals surface area contributed by atoms with Gasteiger partial charge in [0, 0.05) is 12.6 Å². The molecule has 3 rings (SSSR count). The largest absolute Gasteiger partial charge is 0.440 e. The lowest BCUT2D eigenvalue weighted by atomic mass is 10.2. The van der Waals surface area contributed by atoms with E-state index in [4.69, 9.17) is 9.52 Å². The number of hydrogen-bond acceptors (Lipinski definition) is 6. The van der Waals surface area contributed by atoms with E-state index < -0.39 is 15.6 Å². The SMILES string of the molecule is Cn1c(CO)cnc1S(=O)(=O)Cc1ncc(-c2ccccc2)o1. The van der Waals surface area contributed by atoms with Gasteiger partial charge in [0.1, 0.15) is 5.75 Å². The highest BCUT2D eigenvalue weighted by Gasteiger charge is 2.24. The first-order valence-electron chi connectivity index (χ1n) is 6.85. The highest BCUT2D eigenvalue weighted by atomic mass is 32.2. The summed E-state index contributed by atoms with van der Waals surface area (Å²) in [6, 6.07) is 9.30. The van der Waals surface area contributed by atoms with Crippen LogP contribution in [0.4, 0.5) is 0 Å². The highest BCUT2D eigenvalue weighted by Crippen LogP contribution is 2.22. The molecular formula is C15H15N3O4S. The van der Waals surface area contributed by atoms with Crippen molar-refractivity contribution in [1.29, 1.82) is 0 Å². The Morgan fingerprint density at radius 3 is 2.57 bits per heavy atom. The maximum atomic E-state index is 12.4. The number of imidazole rings is 1. The summed E-state index contributed by atoms with van der Waals surface area (Å²) in [6.45, 7) is -0.282. The summed E-state index contributed by atoms with van der Waals surface area (Å²) in [6.07, 6.45) is 2.83. The van der Waals surface area contributed by atoms with Crippen LogP contribution in [0.2, 0.25) is 0 Å². The van der Waals surface area contributed by atoms with Crippen LogP contribution < -0.4 is 0 Å². The minimum atomic E-state index is -3.72. The first kappa shape index (κ1) is 15.4. The number of aliphatic hydroxyl groups is 1. The first-order valence-corrected chi connectivity index (χ1v) is 8.51. The van der Waals surface area contributed by atoms with E-state index in [9.17, 15) is 8.42 Å². The van der Waals surface area contributed by atoms with Crippen LogP contribution in [0.1, 0.15) is 11.6 Å². The Balaban J connectivity index is 1.87. The van der Waals surface area contributed by atoms with E-state index in [1.54, 1.807) is 0 Å². The number of hydrogen-bond donors (Lipinski definition) is 1. The fourth-order valence-electron chi connectivity index (χ4n) is 2.20. The molecule has 23 heavy (non-hydrogen) atoms. The maximum Gasteiger partial charge on any atom is 0.228 e. The zero-order valence-corrected chi connectivity index (χ0v) is 13.2. The van der Waals surface area contributed by atoms with Crippen LogP contribution in [-0.2, 0) is 29.2 Å². The predicted octanol–water partition coefficient (Wildman–Crippen LogP) is 1.54. The van der Waals surface area contributed by atoms with Gasteiger partial charge in [-0.25, -0.2) is 18.4 Å². The minimum absolute atomic E-state index is 0.0948. The van der Waals surface area contributed by atoms with Gasteiger partial charge in [0.25, 0.3) is 0 Å². The molecule has 8 heteroatoms. The summed E-state index contributed by atoms with van der Waals surface area (Å²) >= 11 is 0. The molecule has 1 aromatic carbocycles. The molecule has 2 heterocycles. The van der Waals surface area contributed by atoms with E-state index in [1.165, 1.54) is 24.0 Å². The molecule has 0 saturated heterocycles. The lowest BCUT2D eigenvalue weighted by Crippen LogP contribution is -2.12. The van der Waals surface area contributed by atoms with Gasteiger partial charge in [-0.2, -0.15) is 0 Å². The summed E-state index contributed by atoms with van der Waals surface area (Å²) in [5.41, 5.74) is 1.24. The van der Waals surface area contributed by atoms with Crippen LogP contribution in [0.3, 0.4) is 0 Å². The molecule has 0 radical (unpaired) electrons. The van der Waals surface area contributed by atoms with Crippen molar-refractivity contribution >= 4 is 9.84 Å². The van der Waals surface area contributed by atoms with Crippen molar-refractivity contribution < 1.29 is 17.9 Å². The second-order valence-electron chi connectivity index (χ2n) is 4.99. The summed E-state index contributed by atoms with van der Waals surface area (Å²) in [7, 11) is -2.18. The number of benzene rings is 1. The Kier molecular flexibility index (Phi) is 4.01. The van der Waals surface area contributed by atoms with Crippen molar-refractivity contribution in [3.63, 3.8) is 0 Å². The smallest absolute Gasteiger partial charge is 0.228 e. The molecule has 120 valence electrons. The molecule has 0 saturated carbocycles. The molecule has 0 aliphatic carbocycles. The fraction of sp³-hybridized carbons (Fsp3) is 0.200. The van der Waals surface area contributed by atoms with E-state index >= 15 is 0 Å². The van der Waals surface area contributed by atoms with Gasteiger partial charge in [-0.3, -0.25) is 0 Å². The lowest BCUT2D eigenvalue weighted by molar-refractivity contribution is 0.271. The van der Waals surface area contributed by atoms with Crippen LogP contribution in [0.5, 0.6) is 0 Å². The molecule has 7 nitrogen and oxygen atoms in total. The third kappa shape index (κ3) is 3.03. The monoisotopic (exact) mass is 333 g/mol. The summed E-state index contributed by atoms with van der Waals surface area (Å²) in [5.74, 6) is 0.208. The van der Waals surface area contributed by atoms with Crippen LogP contribution in [0.25, 0.3) is 11.3 Å². The van der Waals surface area contributed by atoms with Gasteiger partial charge >= 0.3 is 0 Å². The molecule has 0 spiro atoms. The molecule has 3 aromatic rings. The van der Waals surface area contributed by atoms with Gasteiger partial charge in [-0.05, 0) is 0 Å². The molecule has 0 aliphatic rings. The number of rotatable bonds is 5. The molecule has 0 unspecified atom stereocenters. The van der Waals surface area contributed by atoms with Crippen LogP contribution in [0, 0.1) is 0 Å². The molecule has 2 aromatic heterocycles. The van der Waals surface area contributed by atoms with E-state index in [2.05, 4.69) is 9.97 Å². The Labute approximate surface area is 133 Å². The molecule has 0 fully saturated rings. The zero-order valence-electron chi connectivity index (χ0n) is 12.4. The molecular weight excluding hydrogens is 318 g/mol. The van der Waals surface area contributed by atoms with Crippen LogP contribution in [0.15, 0.2) is 52.3 Å². The lowest BCUT2D eigenvalue weighted by Gasteiger charge is -2.04. The van der Waals surface area contributed by atoms with Crippen molar-refractivity contribution in [1.82, 2.24) is 14.5 Å². The minimum Gasteiger partial charge on any atom is -0.440 e. The number of aliphatic hydroxyl groups excluding tert-OH is 1. The van der Waals surface area contributed by atoms with Crippen LogP contribution in [-0.4, -0.2) is 28.1 Å². The molecule has 0 atom stereocenters. The molecule has 0 aliphatic heterocycles. The van der Waals surface area contributed by atoms with Crippen molar-refractivity contribution in [3.8, 4) is 11.3 Å². The normalized spacial score (nSPS) is 11.7. The second-order valence-corrected chi connectivity index (χ2v) is 6.88. The van der Waals surface area contributed by atoms with Crippen molar-refractivity contribution in [2.75, 3.05) is 0 Å². The fourth-order valence-corrected chi connectivity index (χ4v) is 3.54. The number of aromatic nitrogens is 3. The number of oxazole rings is 1. The quantitative estimate of drug-likeness (QED) is 0.760. The number of sulfone groups is 1. The average Bonchev–Trinajstić information content (AvgIpc) is 3.14. The highest BCUT2D eigenvalue weighted by molar-refractivity contribution is 7.90.